The Morgan fingerprint density at radius 3 is 2.18 bits per heavy atom. The van der Waals surface area contributed by atoms with E-state index in [-0.39, 0.29) is 23.8 Å². The number of fused-ring (bicyclic) bond motifs is 3. The van der Waals surface area contributed by atoms with E-state index in [1.54, 1.807) is 0 Å². The van der Waals surface area contributed by atoms with Crippen LogP contribution < -0.4 is 4.90 Å². The van der Waals surface area contributed by atoms with Crippen LogP contribution in [-0.4, -0.2) is 41.0 Å². The quantitative estimate of drug-likeness (QED) is 0.749. The van der Waals surface area contributed by atoms with Gasteiger partial charge in [-0.15, -0.1) is 0 Å². The zero-order valence-electron chi connectivity index (χ0n) is 15.1. The number of anilines is 1. The van der Waals surface area contributed by atoms with Crippen LogP contribution in [0.4, 0.5) is 10.5 Å². The summed E-state index contributed by atoms with van der Waals surface area (Å²) in [7, 11) is 1.45. The van der Waals surface area contributed by atoms with Gasteiger partial charge >= 0.3 is 12.1 Å². The molecule has 0 radical (unpaired) electrons. The lowest BCUT2D eigenvalue weighted by atomic mass is 9.98. The number of rotatable bonds is 4. The highest BCUT2D eigenvalue weighted by Crippen LogP contribution is 2.44. The Bertz CT molecular complexity index is 1020. The number of benzene rings is 2. The summed E-state index contributed by atoms with van der Waals surface area (Å²) in [5.41, 5.74) is 4.50. The van der Waals surface area contributed by atoms with Gasteiger partial charge in [-0.25, -0.2) is 9.59 Å². The van der Waals surface area contributed by atoms with Gasteiger partial charge in [0.05, 0.1) is 18.1 Å². The number of ether oxygens (including phenoxy) is 1. The number of carboxylic acid groups (broad SMARTS) is 1. The Labute approximate surface area is 161 Å². The maximum absolute atomic E-state index is 12.6. The van der Waals surface area contributed by atoms with Crippen molar-refractivity contribution in [1.82, 2.24) is 10.2 Å². The molecule has 1 aliphatic carbocycles. The van der Waals surface area contributed by atoms with Gasteiger partial charge in [-0.05, 0) is 22.3 Å². The largest absolute Gasteiger partial charge is 0.478 e. The first-order valence-corrected chi connectivity index (χ1v) is 8.70. The molecule has 0 unspecified atom stereocenters. The molecule has 0 spiro atoms. The molecule has 1 amide bonds. The Hall–Kier alpha value is -3.74. The molecule has 0 aliphatic heterocycles. The third kappa shape index (κ3) is 2.96. The fourth-order valence-corrected chi connectivity index (χ4v) is 3.54. The van der Waals surface area contributed by atoms with E-state index in [9.17, 15) is 14.7 Å². The van der Waals surface area contributed by atoms with Crippen molar-refractivity contribution in [1.29, 1.82) is 0 Å². The molecular formula is C21H17N3O4. The molecular weight excluding hydrogens is 358 g/mol. The van der Waals surface area contributed by atoms with Crippen molar-refractivity contribution in [2.45, 2.75) is 5.92 Å². The topological polar surface area (TPSA) is 92.6 Å². The minimum atomic E-state index is -1.19. The van der Waals surface area contributed by atoms with Crippen molar-refractivity contribution in [2.75, 3.05) is 18.6 Å². The maximum Gasteiger partial charge on any atom is 0.414 e. The van der Waals surface area contributed by atoms with E-state index < -0.39 is 12.1 Å². The Morgan fingerprint density at radius 2 is 1.57 bits per heavy atom. The lowest BCUT2D eigenvalue weighted by Gasteiger charge is -2.20. The second-order valence-corrected chi connectivity index (χ2v) is 6.46. The van der Waals surface area contributed by atoms with Crippen LogP contribution >= 0.6 is 0 Å². The van der Waals surface area contributed by atoms with E-state index in [1.165, 1.54) is 13.2 Å². The molecule has 0 fully saturated rings. The van der Waals surface area contributed by atoms with Crippen molar-refractivity contribution in [3.8, 4) is 11.1 Å². The number of nitrogens with zero attached hydrogens (tertiary/aromatic N) is 3. The number of carbonyl (C=O) groups is 2. The molecule has 0 bridgehead atoms. The zero-order valence-corrected chi connectivity index (χ0v) is 15.1. The van der Waals surface area contributed by atoms with Gasteiger partial charge in [-0.1, -0.05) is 48.5 Å². The summed E-state index contributed by atoms with van der Waals surface area (Å²) in [5, 5.41) is 16.5. The molecule has 7 heteroatoms. The fourth-order valence-electron chi connectivity index (χ4n) is 3.54. The highest BCUT2D eigenvalue weighted by atomic mass is 16.6. The summed E-state index contributed by atoms with van der Waals surface area (Å²) >= 11 is 0. The minimum Gasteiger partial charge on any atom is -0.478 e. The summed E-state index contributed by atoms with van der Waals surface area (Å²) in [6.07, 6.45) is 1.67. The first-order valence-electron chi connectivity index (χ1n) is 8.70. The van der Waals surface area contributed by atoms with Gasteiger partial charge in [0.25, 0.3) is 0 Å². The molecule has 3 aromatic rings. The number of carboxylic acids is 1. The van der Waals surface area contributed by atoms with Crippen LogP contribution in [0.2, 0.25) is 0 Å². The van der Waals surface area contributed by atoms with Crippen LogP contribution in [0, 0.1) is 0 Å². The zero-order chi connectivity index (χ0) is 19.7. The van der Waals surface area contributed by atoms with Crippen LogP contribution in [0.15, 0.2) is 60.9 Å². The molecule has 140 valence electrons. The van der Waals surface area contributed by atoms with Gasteiger partial charge in [0.15, 0.2) is 0 Å². The molecule has 0 atom stereocenters. The SMILES string of the molecule is CN(C(=O)OCC1c2ccccc2-c2ccccc21)c1cnncc1C(=O)O. The second kappa shape index (κ2) is 7.11. The second-order valence-electron chi connectivity index (χ2n) is 6.46. The lowest BCUT2D eigenvalue weighted by Crippen LogP contribution is -2.30. The van der Waals surface area contributed by atoms with E-state index in [4.69, 9.17) is 4.74 Å². The number of amides is 1. The van der Waals surface area contributed by atoms with E-state index >= 15 is 0 Å². The Kier molecular flexibility index (Phi) is 4.49. The molecule has 28 heavy (non-hydrogen) atoms. The van der Waals surface area contributed by atoms with Gasteiger partial charge in [0, 0.05) is 13.0 Å². The van der Waals surface area contributed by atoms with Crippen molar-refractivity contribution < 1.29 is 19.4 Å². The van der Waals surface area contributed by atoms with Crippen molar-refractivity contribution in [3.63, 3.8) is 0 Å². The lowest BCUT2D eigenvalue weighted by molar-refractivity contribution is 0.0697. The molecule has 0 saturated carbocycles. The monoisotopic (exact) mass is 375 g/mol. The van der Waals surface area contributed by atoms with Crippen molar-refractivity contribution >= 4 is 17.7 Å². The number of hydrogen-bond acceptors (Lipinski definition) is 5. The summed E-state index contributed by atoms with van der Waals surface area (Å²) < 4.78 is 5.54. The van der Waals surface area contributed by atoms with E-state index in [1.807, 2.05) is 36.4 Å². The van der Waals surface area contributed by atoms with Gasteiger partial charge in [-0.3, -0.25) is 4.90 Å². The highest BCUT2D eigenvalue weighted by Gasteiger charge is 2.30. The molecule has 1 N–H and O–H groups in total. The highest BCUT2D eigenvalue weighted by molar-refractivity contribution is 5.99. The minimum absolute atomic E-state index is 0.0701. The van der Waals surface area contributed by atoms with Gasteiger partial charge < -0.3 is 9.84 Å². The number of aromatic carboxylic acids is 1. The molecule has 7 nitrogen and oxygen atoms in total. The van der Waals surface area contributed by atoms with Crippen LogP contribution in [0.5, 0.6) is 0 Å². The number of carbonyl (C=O) groups excluding carboxylic acids is 1. The van der Waals surface area contributed by atoms with E-state index in [2.05, 4.69) is 22.3 Å². The maximum atomic E-state index is 12.6. The third-order valence-electron chi connectivity index (χ3n) is 4.91. The van der Waals surface area contributed by atoms with Crippen molar-refractivity contribution in [2.24, 2.45) is 0 Å². The molecule has 1 aromatic heterocycles. The predicted molar refractivity (Wildman–Crippen MR) is 102 cm³/mol. The van der Waals surface area contributed by atoms with Crippen LogP contribution in [-0.2, 0) is 4.74 Å². The molecule has 4 rings (SSSR count). The normalized spacial score (nSPS) is 12.2. The van der Waals surface area contributed by atoms with Crippen molar-refractivity contribution in [3.05, 3.63) is 77.6 Å². The number of aromatic nitrogens is 2. The Balaban J connectivity index is 1.55. The van der Waals surface area contributed by atoms with Gasteiger partial charge in [0.2, 0.25) is 0 Å². The van der Waals surface area contributed by atoms with Gasteiger partial charge in [-0.2, -0.15) is 10.2 Å². The average Bonchev–Trinajstić information content (AvgIpc) is 3.05. The van der Waals surface area contributed by atoms with Crippen LogP contribution in [0.3, 0.4) is 0 Å². The van der Waals surface area contributed by atoms with E-state index in [0.29, 0.717) is 0 Å². The fraction of sp³-hybridized carbons (Fsp3) is 0.143. The first kappa shape index (κ1) is 17.7. The number of hydrogen-bond donors (Lipinski definition) is 1. The Morgan fingerprint density at radius 1 is 1.00 bits per heavy atom. The van der Waals surface area contributed by atoms with E-state index in [0.717, 1.165) is 33.4 Å². The standard InChI is InChI=1S/C21H17N3O4/c1-24(19-11-23-22-10-17(19)20(25)26)21(27)28-12-18-15-8-4-2-6-13(15)14-7-3-5-9-16(14)18/h2-11,18H,12H2,1H3,(H,25,26). The third-order valence-corrected chi connectivity index (χ3v) is 4.91. The average molecular weight is 375 g/mol. The smallest absolute Gasteiger partial charge is 0.414 e. The molecule has 1 heterocycles. The molecule has 1 aliphatic rings. The first-order chi connectivity index (χ1) is 13.6. The predicted octanol–water partition coefficient (Wildman–Crippen LogP) is 3.56. The summed E-state index contributed by atoms with van der Waals surface area (Å²) in [4.78, 5) is 25.0. The van der Waals surface area contributed by atoms with Gasteiger partial charge in [0.1, 0.15) is 12.2 Å². The summed E-state index contributed by atoms with van der Waals surface area (Å²) in [6, 6.07) is 16.1. The summed E-state index contributed by atoms with van der Waals surface area (Å²) in [6.45, 7) is 0.151. The van der Waals surface area contributed by atoms with Crippen LogP contribution in [0.1, 0.15) is 27.4 Å². The molecule has 2 aromatic carbocycles. The molecule has 0 saturated heterocycles. The van der Waals surface area contributed by atoms with Crippen LogP contribution in [0.25, 0.3) is 11.1 Å². The summed E-state index contributed by atoms with van der Waals surface area (Å²) in [5.74, 6) is -1.26.